The van der Waals surface area contributed by atoms with Crippen LogP contribution in [0.25, 0.3) is 0 Å². The molecule has 0 aromatic heterocycles. The number of nitro groups is 1. The molecule has 2 aromatic carbocycles. The molecule has 0 radical (unpaired) electrons. The van der Waals surface area contributed by atoms with Crippen molar-refractivity contribution in [2.75, 3.05) is 5.73 Å². The van der Waals surface area contributed by atoms with Crippen LogP contribution < -0.4 is 5.73 Å². The van der Waals surface area contributed by atoms with Crippen LogP contribution in [0.5, 0.6) is 11.5 Å². The van der Waals surface area contributed by atoms with E-state index in [1.165, 1.54) is 24.3 Å². The van der Waals surface area contributed by atoms with Crippen LogP contribution in [0.3, 0.4) is 0 Å². The molecule has 0 aliphatic rings. The Labute approximate surface area is 103 Å². The normalized spacial score (nSPS) is 9.11. The minimum atomic E-state index is -0.514. The summed E-state index contributed by atoms with van der Waals surface area (Å²) in [5.41, 5.74) is 5.97. The Hall–Kier alpha value is -2.76. The topological polar surface area (TPSA) is 110 Å². The maximum absolute atomic E-state index is 10.0. The van der Waals surface area contributed by atoms with Crippen molar-refractivity contribution in [2.45, 2.75) is 0 Å². The second-order valence-electron chi connectivity index (χ2n) is 3.37. The van der Waals surface area contributed by atoms with Crippen LogP contribution in [0.2, 0.25) is 0 Å². The first-order chi connectivity index (χ1) is 8.49. The van der Waals surface area contributed by atoms with Crippen LogP contribution in [-0.2, 0) is 0 Å². The highest BCUT2D eigenvalue weighted by atomic mass is 16.6. The SMILES string of the molecule is Nc1ccc(O)cc1.O=[N+]([O-])c1ccc(O)cc1. The van der Waals surface area contributed by atoms with Gasteiger partial charge in [-0.05, 0) is 36.4 Å². The predicted octanol–water partition coefficient (Wildman–Crippen LogP) is 2.27. The van der Waals surface area contributed by atoms with Crippen LogP contribution in [0.4, 0.5) is 11.4 Å². The van der Waals surface area contributed by atoms with E-state index >= 15 is 0 Å². The van der Waals surface area contributed by atoms with E-state index in [0.717, 1.165) is 0 Å². The van der Waals surface area contributed by atoms with Gasteiger partial charge < -0.3 is 15.9 Å². The quantitative estimate of drug-likeness (QED) is 0.310. The molecule has 94 valence electrons. The van der Waals surface area contributed by atoms with Gasteiger partial charge in [-0.2, -0.15) is 0 Å². The van der Waals surface area contributed by atoms with Crippen LogP contribution in [0.15, 0.2) is 48.5 Å². The maximum Gasteiger partial charge on any atom is 0.269 e. The molecule has 0 aliphatic carbocycles. The van der Waals surface area contributed by atoms with Crippen molar-refractivity contribution in [3.8, 4) is 11.5 Å². The van der Waals surface area contributed by atoms with Gasteiger partial charge in [0.25, 0.3) is 5.69 Å². The number of phenolic OH excluding ortho intramolecular Hbond substituents is 2. The number of nitrogens with zero attached hydrogens (tertiary/aromatic N) is 1. The standard InChI is InChI=1S/C6H5NO3.C6H7NO/c8-6-3-1-5(2-4-6)7(9)10;7-5-1-3-6(8)4-2-5/h1-4,8H;1-4,8H,7H2. The van der Waals surface area contributed by atoms with Crippen LogP contribution >= 0.6 is 0 Å². The van der Waals surface area contributed by atoms with Gasteiger partial charge in [0, 0.05) is 17.8 Å². The van der Waals surface area contributed by atoms with E-state index in [0.29, 0.717) is 5.69 Å². The Kier molecular flexibility index (Phi) is 4.50. The number of benzene rings is 2. The summed E-state index contributed by atoms with van der Waals surface area (Å²) in [4.78, 5) is 9.52. The van der Waals surface area contributed by atoms with Gasteiger partial charge in [0.2, 0.25) is 0 Å². The molecule has 2 rings (SSSR count). The highest BCUT2D eigenvalue weighted by Gasteiger charge is 2.01. The molecular formula is C12H12N2O4. The molecule has 0 spiro atoms. The summed E-state index contributed by atoms with van der Waals surface area (Å²) in [6, 6.07) is 11.4. The molecule has 0 saturated heterocycles. The number of phenols is 2. The molecule has 0 saturated carbocycles. The Morgan fingerprint density at radius 3 is 1.61 bits per heavy atom. The summed E-state index contributed by atoms with van der Waals surface area (Å²) in [5.74, 6) is 0.282. The average Bonchev–Trinajstić information content (AvgIpc) is 2.34. The maximum atomic E-state index is 10.0. The zero-order valence-corrected chi connectivity index (χ0v) is 9.35. The van der Waals surface area contributed by atoms with E-state index in [-0.39, 0.29) is 17.2 Å². The lowest BCUT2D eigenvalue weighted by Crippen LogP contribution is -1.85. The number of rotatable bonds is 1. The summed E-state index contributed by atoms with van der Waals surface area (Å²) >= 11 is 0. The molecule has 0 fully saturated rings. The molecule has 4 N–H and O–H groups in total. The van der Waals surface area contributed by atoms with Crippen LogP contribution in [0, 0.1) is 10.1 Å². The average molecular weight is 248 g/mol. The lowest BCUT2D eigenvalue weighted by atomic mass is 10.3. The first-order valence-corrected chi connectivity index (χ1v) is 4.97. The number of aromatic hydroxyl groups is 2. The van der Waals surface area contributed by atoms with Gasteiger partial charge in [-0.25, -0.2) is 0 Å². The van der Waals surface area contributed by atoms with Crippen molar-refractivity contribution in [1.82, 2.24) is 0 Å². The van der Waals surface area contributed by atoms with Crippen molar-refractivity contribution < 1.29 is 15.1 Å². The minimum Gasteiger partial charge on any atom is -0.508 e. The number of anilines is 1. The molecule has 18 heavy (non-hydrogen) atoms. The third-order valence-electron chi connectivity index (χ3n) is 1.95. The molecular weight excluding hydrogens is 236 g/mol. The Balaban J connectivity index is 0.000000184. The van der Waals surface area contributed by atoms with Crippen molar-refractivity contribution >= 4 is 11.4 Å². The highest BCUT2D eigenvalue weighted by Crippen LogP contribution is 2.15. The lowest BCUT2D eigenvalue weighted by Gasteiger charge is -1.89. The number of hydrogen-bond donors (Lipinski definition) is 3. The smallest absolute Gasteiger partial charge is 0.269 e. The van der Waals surface area contributed by atoms with E-state index in [1.807, 2.05) is 0 Å². The van der Waals surface area contributed by atoms with Gasteiger partial charge in [-0.1, -0.05) is 0 Å². The monoisotopic (exact) mass is 248 g/mol. The first-order valence-electron chi connectivity index (χ1n) is 4.97. The second-order valence-corrected chi connectivity index (χ2v) is 3.37. The fraction of sp³-hybridized carbons (Fsp3) is 0. The zero-order chi connectivity index (χ0) is 13.5. The van der Waals surface area contributed by atoms with Gasteiger partial charge >= 0.3 is 0 Å². The molecule has 6 nitrogen and oxygen atoms in total. The number of hydrogen-bond acceptors (Lipinski definition) is 5. The molecule has 0 unspecified atom stereocenters. The van der Waals surface area contributed by atoms with Gasteiger partial charge in [0.05, 0.1) is 4.92 Å². The minimum absolute atomic E-state index is 0.0159. The van der Waals surface area contributed by atoms with Gasteiger partial charge in [0.1, 0.15) is 11.5 Å². The third-order valence-corrected chi connectivity index (χ3v) is 1.95. The van der Waals surface area contributed by atoms with E-state index in [1.54, 1.807) is 24.3 Å². The van der Waals surface area contributed by atoms with Crippen LogP contribution in [-0.4, -0.2) is 15.1 Å². The molecule has 6 heteroatoms. The van der Waals surface area contributed by atoms with Crippen molar-refractivity contribution in [3.05, 3.63) is 58.6 Å². The zero-order valence-electron chi connectivity index (χ0n) is 9.35. The predicted molar refractivity (Wildman–Crippen MR) is 67.3 cm³/mol. The molecule has 0 heterocycles. The Morgan fingerprint density at radius 1 is 0.889 bits per heavy atom. The van der Waals surface area contributed by atoms with Crippen molar-refractivity contribution in [1.29, 1.82) is 0 Å². The van der Waals surface area contributed by atoms with E-state index in [2.05, 4.69) is 0 Å². The first kappa shape index (κ1) is 13.3. The van der Waals surface area contributed by atoms with E-state index in [4.69, 9.17) is 15.9 Å². The Bertz CT molecular complexity index is 488. The fourth-order valence-corrected chi connectivity index (χ4v) is 1.05. The Morgan fingerprint density at radius 2 is 1.28 bits per heavy atom. The largest absolute Gasteiger partial charge is 0.508 e. The summed E-state index contributed by atoms with van der Waals surface area (Å²) in [6.07, 6.45) is 0. The number of nitrogen functional groups attached to an aromatic ring is 1. The fourth-order valence-electron chi connectivity index (χ4n) is 1.05. The van der Waals surface area contributed by atoms with Crippen molar-refractivity contribution in [3.63, 3.8) is 0 Å². The summed E-state index contributed by atoms with van der Waals surface area (Å²) in [5, 5.41) is 27.5. The number of nitrogens with two attached hydrogens (primary N) is 1. The molecule has 0 amide bonds. The summed E-state index contributed by atoms with van der Waals surface area (Å²) in [6.45, 7) is 0. The van der Waals surface area contributed by atoms with Crippen LogP contribution in [0.1, 0.15) is 0 Å². The molecule has 0 aliphatic heterocycles. The van der Waals surface area contributed by atoms with E-state index in [9.17, 15) is 10.1 Å². The van der Waals surface area contributed by atoms with E-state index < -0.39 is 4.92 Å². The molecule has 0 bridgehead atoms. The second kappa shape index (κ2) is 6.09. The van der Waals surface area contributed by atoms with Gasteiger partial charge in [0.15, 0.2) is 0 Å². The van der Waals surface area contributed by atoms with Gasteiger partial charge in [-0.15, -0.1) is 0 Å². The summed E-state index contributed by atoms with van der Waals surface area (Å²) < 4.78 is 0. The van der Waals surface area contributed by atoms with Gasteiger partial charge in [-0.3, -0.25) is 10.1 Å². The molecule has 2 aromatic rings. The molecule has 0 atom stereocenters. The number of nitro benzene ring substituents is 1. The lowest BCUT2D eigenvalue weighted by molar-refractivity contribution is -0.384. The summed E-state index contributed by atoms with van der Waals surface area (Å²) in [7, 11) is 0. The number of non-ortho nitro benzene ring substituents is 1. The van der Waals surface area contributed by atoms with Crippen molar-refractivity contribution in [2.24, 2.45) is 0 Å². The highest BCUT2D eigenvalue weighted by molar-refractivity contribution is 5.40. The third kappa shape index (κ3) is 4.40.